The van der Waals surface area contributed by atoms with Crippen LogP contribution in [-0.4, -0.2) is 22.7 Å². The second-order valence-corrected chi connectivity index (χ2v) is 5.45. The monoisotopic (exact) mass is 355 g/mol. The van der Waals surface area contributed by atoms with E-state index in [1.165, 1.54) is 18.3 Å². The molecule has 0 aliphatic heterocycles. The van der Waals surface area contributed by atoms with Crippen LogP contribution < -0.4 is 10.1 Å². The zero-order valence-corrected chi connectivity index (χ0v) is 13.5. The Morgan fingerprint density at radius 3 is 2.48 bits per heavy atom. The van der Waals surface area contributed by atoms with Crippen LogP contribution in [-0.2, 0) is 0 Å². The van der Waals surface area contributed by atoms with Crippen molar-refractivity contribution in [1.29, 1.82) is 0 Å². The van der Waals surface area contributed by atoms with Gasteiger partial charge in [0.2, 0.25) is 0 Å². The van der Waals surface area contributed by atoms with Crippen molar-refractivity contribution in [1.82, 2.24) is 4.98 Å². The van der Waals surface area contributed by atoms with Gasteiger partial charge < -0.3 is 10.1 Å². The normalized spacial score (nSPS) is 12.5. The average Bonchev–Trinajstić information content (AvgIpc) is 2.52. The van der Waals surface area contributed by atoms with Crippen LogP contribution in [0.5, 0.6) is 5.75 Å². The molecule has 134 valence electrons. The highest BCUT2D eigenvalue weighted by Crippen LogP contribution is 2.24. The minimum Gasteiger partial charge on any atom is -0.484 e. The Bertz CT molecular complexity index is 749. The van der Waals surface area contributed by atoms with E-state index in [-0.39, 0.29) is 17.5 Å². The van der Waals surface area contributed by atoms with E-state index in [9.17, 15) is 23.3 Å². The highest BCUT2D eigenvalue weighted by atomic mass is 19.4. The van der Waals surface area contributed by atoms with Gasteiger partial charge >= 0.3 is 6.18 Å². The van der Waals surface area contributed by atoms with E-state index >= 15 is 0 Å². The lowest BCUT2D eigenvalue weighted by Gasteiger charge is -2.16. The van der Waals surface area contributed by atoms with Crippen LogP contribution in [0, 0.1) is 17.0 Å². The van der Waals surface area contributed by atoms with Gasteiger partial charge in [0.05, 0.1) is 4.92 Å². The third kappa shape index (κ3) is 5.33. The smallest absolute Gasteiger partial charge is 0.422 e. The Morgan fingerprint density at radius 2 is 1.96 bits per heavy atom. The van der Waals surface area contributed by atoms with Crippen molar-refractivity contribution >= 4 is 11.5 Å². The maximum Gasteiger partial charge on any atom is 0.422 e. The largest absolute Gasteiger partial charge is 0.484 e. The molecular formula is C16H16F3N3O3. The van der Waals surface area contributed by atoms with Gasteiger partial charge in [-0.05, 0) is 37.6 Å². The van der Waals surface area contributed by atoms with Gasteiger partial charge in [-0.3, -0.25) is 10.1 Å². The van der Waals surface area contributed by atoms with E-state index in [2.05, 4.69) is 15.0 Å². The molecule has 0 fully saturated rings. The minimum atomic E-state index is -4.38. The molecule has 0 amide bonds. The van der Waals surface area contributed by atoms with Crippen molar-refractivity contribution in [2.45, 2.75) is 26.1 Å². The molecule has 0 saturated heterocycles. The Kier molecular flexibility index (Phi) is 5.45. The van der Waals surface area contributed by atoms with Gasteiger partial charge in [0.15, 0.2) is 6.61 Å². The number of nitrogens with zero attached hydrogens (tertiary/aromatic N) is 2. The third-order valence-corrected chi connectivity index (χ3v) is 3.43. The van der Waals surface area contributed by atoms with E-state index in [4.69, 9.17) is 0 Å². The maximum atomic E-state index is 12.1. The molecule has 0 aliphatic carbocycles. The topological polar surface area (TPSA) is 77.3 Å². The summed E-state index contributed by atoms with van der Waals surface area (Å²) in [5.74, 6) is 0.588. The van der Waals surface area contributed by atoms with Crippen molar-refractivity contribution in [3.05, 3.63) is 57.8 Å². The molecule has 0 radical (unpaired) electrons. The van der Waals surface area contributed by atoms with Crippen molar-refractivity contribution < 1.29 is 22.8 Å². The second-order valence-electron chi connectivity index (χ2n) is 5.45. The summed E-state index contributed by atoms with van der Waals surface area (Å²) in [6, 6.07) is 7.55. The first kappa shape index (κ1) is 18.5. The minimum absolute atomic E-state index is 0.0654. The SMILES string of the molecule is Cc1cc(NC(C)c2ccc(OCC(F)(F)F)cc2)ncc1[N+](=O)[O-]. The Balaban J connectivity index is 2.02. The van der Waals surface area contributed by atoms with Crippen molar-refractivity contribution in [3.63, 3.8) is 0 Å². The summed E-state index contributed by atoms with van der Waals surface area (Å²) in [6.45, 7) is 2.11. The predicted molar refractivity (Wildman–Crippen MR) is 85.7 cm³/mol. The van der Waals surface area contributed by atoms with E-state index < -0.39 is 17.7 Å². The van der Waals surface area contributed by atoms with Gasteiger partial charge in [0.25, 0.3) is 5.69 Å². The highest BCUT2D eigenvalue weighted by Gasteiger charge is 2.28. The number of halogens is 3. The highest BCUT2D eigenvalue weighted by molar-refractivity contribution is 5.48. The molecule has 0 aliphatic rings. The van der Waals surface area contributed by atoms with Gasteiger partial charge in [-0.15, -0.1) is 0 Å². The molecule has 1 unspecified atom stereocenters. The van der Waals surface area contributed by atoms with Gasteiger partial charge in [0.1, 0.15) is 17.8 Å². The van der Waals surface area contributed by atoms with Crippen LogP contribution in [0.1, 0.15) is 24.1 Å². The van der Waals surface area contributed by atoms with E-state index in [1.54, 1.807) is 25.1 Å². The number of nitrogens with one attached hydrogen (secondary N) is 1. The van der Waals surface area contributed by atoms with Gasteiger partial charge in [0, 0.05) is 11.6 Å². The Morgan fingerprint density at radius 1 is 1.32 bits per heavy atom. The molecule has 1 aromatic heterocycles. The number of aromatic nitrogens is 1. The number of aryl methyl sites for hydroxylation is 1. The molecule has 0 bridgehead atoms. The zero-order chi connectivity index (χ0) is 18.6. The van der Waals surface area contributed by atoms with Crippen LogP contribution in [0.25, 0.3) is 0 Å². The van der Waals surface area contributed by atoms with Crippen LogP contribution in [0.15, 0.2) is 36.5 Å². The molecule has 1 heterocycles. The number of benzene rings is 1. The average molecular weight is 355 g/mol. The fourth-order valence-corrected chi connectivity index (χ4v) is 2.14. The van der Waals surface area contributed by atoms with Gasteiger partial charge in [-0.1, -0.05) is 12.1 Å². The summed E-state index contributed by atoms with van der Waals surface area (Å²) >= 11 is 0. The molecule has 1 N–H and O–H groups in total. The molecule has 2 aromatic rings. The zero-order valence-electron chi connectivity index (χ0n) is 13.5. The Hall–Kier alpha value is -2.84. The summed E-state index contributed by atoms with van der Waals surface area (Å²) < 4.78 is 41.0. The van der Waals surface area contributed by atoms with Crippen LogP contribution in [0.3, 0.4) is 0 Å². The molecule has 1 aromatic carbocycles. The van der Waals surface area contributed by atoms with E-state index in [1.807, 2.05) is 6.92 Å². The molecule has 9 heteroatoms. The summed E-state index contributed by atoms with van der Waals surface area (Å²) in [5.41, 5.74) is 1.21. The fraction of sp³-hybridized carbons (Fsp3) is 0.312. The van der Waals surface area contributed by atoms with Crippen molar-refractivity contribution in [2.75, 3.05) is 11.9 Å². The number of rotatable bonds is 6. The number of pyridine rings is 1. The first-order valence-corrected chi connectivity index (χ1v) is 7.33. The second kappa shape index (κ2) is 7.37. The lowest BCUT2D eigenvalue weighted by Crippen LogP contribution is -2.19. The molecular weight excluding hydrogens is 339 g/mol. The van der Waals surface area contributed by atoms with E-state index in [0.717, 1.165) is 5.56 Å². The first-order valence-electron chi connectivity index (χ1n) is 7.33. The van der Waals surface area contributed by atoms with Crippen molar-refractivity contribution in [2.24, 2.45) is 0 Å². The number of hydrogen-bond donors (Lipinski definition) is 1. The number of nitro groups is 1. The summed E-state index contributed by atoms with van der Waals surface area (Å²) in [6.07, 6.45) is -3.20. The molecule has 25 heavy (non-hydrogen) atoms. The van der Waals surface area contributed by atoms with Crippen LogP contribution >= 0.6 is 0 Å². The number of hydrogen-bond acceptors (Lipinski definition) is 5. The van der Waals surface area contributed by atoms with E-state index in [0.29, 0.717) is 11.4 Å². The standard InChI is InChI=1S/C16H16F3N3O3/c1-10-7-15(20-8-14(10)22(23)24)21-11(2)12-3-5-13(6-4-12)25-9-16(17,18)19/h3-8,11H,9H2,1-2H3,(H,20,21). The lowest BCUT2D eigenvalue weighted by molar-refractivity contribution is -0.385. The molecule has 6 nitrogen and oxygen atoms in total. The van der Waals surface area contributed by atoms with Crippen LogP contribution in [0.4, 0.5) is 24.7 Å². The fourth-order valence-electron chi connectivity index (χ4n) is 2.14. The Labute approximate surface area is 141 Å². The van der Waals surface area contributed by atoms with Crippen LogP contribution in [0.2, 0.25) is 0 Å². The number of anilines is 1. The molecule has 2 rings (SSSR count). The number of alkyl halides is 3. The summed E-state index contributed by atoms with van der Waals surface area (Å²) in [4.78, 5) is 14.3. The van der Waals surface area contributed by atoms with Gasteiger partial charge in [-0.25, -0.2) is 4.98 Å². The lowest BCUT2D eigenvalue weighted by atomic mass is 10.1. The summed E-state index contributed by atoms with van der Waals surface area (Å²) in [5, 5.41) is 13.9. The predicted octanol–water partition coefficient (Wildman–Crippen LogP) is 4.41. The molecule has 1 atom stereocenters. The van der Waals surface area contributed by atoms with Gasteiger partial charge in [-0.2, -0.15) is 13.2 Å². The molecule has 0 saturated carbocycles. The summed E-state index contributed by atoms with van der Waals surface area (Å²) in [7, 11) is 0. The quantitative estimate of drug-likeness (QED) is 0.613. The first-order chi connectivity index (χ1) is 11.7. The third-order valence-electron chi connectivity index (χ3n) is 3.43. The molecule has 0 spiro atoms. The van der Waals surface area contributed by atoms with Crippen molar-refractivity contribution in [3.8, 4) is 5.75 Å². The number of ether oxygens (including phenoxy) is 1. The maximum absolute atomic E-state index is 12.1.